The number of alkyl halides is 1. The zero-order valence-electron chi connectivity index (χ0n) is 6.09. The number of hydrogen-bond acceptors (Lipinski definition) is 3. The smallest absolute Gasteiger partial charge is 0.297 e. The normalized spacial score (nSPS) is 32.1. The molecule has 0 spiro atoms. The zero-order valence-corrected chi connectivity index (χ0v) is 8.57. The van der Waals surface area contributed by atoms with Crippen LogP contribution < -0.4 is 5.09 Å². The largest absolute Gasteiger partial charge is 0.405 e. The molecule has 1 N–H and O–H groups in total. The molecule has 0 aromatic carbocycles. The summed E-state index contributed by atoms with van der Waals surface area (Å²) >= 11 is 3.17. The van der Waals surface area contributed by atoms with Crippen LogP contribution in [0.2, 0.25) is 0 Å². The molecule has 11 heavy (non-hydrogen) atoms. The van der Waals surface area contributed by atoms with Crippen molar-refractivity contribution in [2.45, 2.75) is 6.42 Å². The highest BCUT2D eigenvalue weighted by Crippen LogP contribution is 2.45. The third-order valence-electron chi connectivity index (χ3n) is 1.23. The summed E-state index contributed by atoms with van der Waals surface area (Å²) < 4.78 is 21.4. The van der Waals surface area contributed by atoms with Gasteiger partial charge in [-0.05, 0) is 6.42 Å². The molecular weight excluding hydrogens is 233 g/mol. The Hall–Kier alpha value is 0.590. The van der Waals surface area contributed by atoms with E-state index >= 15 is 0 Å². The number of halogens is 1. The van der Waals surface area contributed by atoms with Gasteiger partial charge >= 0.3 is 7.75 Å². The van der Waals surface area contributed by atoms with Crippen LogP contribution >= 0.6 is 23.7 Å². The molecule has 1 rings (SSSR count). The molecule has 4 nitrogen and oxygen atoms in total. The van der Waals surface area contributed by atoms with Crippen LogP contribution in [0.15, 0.2) is 0 Å². The van der Waals surface area contributed by atoms with Crippen molar-refractivity contribution in [1.82, 2.24) is 5.09 Å². The summed E-state index contributed by atoms with van der Waals surface area (Å²) in [5, 5.41) is 3.39. The summed E-state index contributed by atoms with van der Waals surface area (Å²) in [4.78, 5) is 0. The Balaban J connectivity index is 2.32. The number of hydrogen-bond donors (Lipinski definition) is 1. The van der Waals surface area contributed by atoms with Gasteiger partial charge in [0.25, 0.3) is 0 Å². The van der Waals surface area contributed by atoms with Gasteiger partial charge in [0.2, 0.25) is 0 Å². The quantitative estimate of drug-likeness (QED) is 0.603. The minimum atomic E-state index is -2.91. The molecule has 66 valence electrons. The minimum absolute atomic E-state index is 0.407. The van der Waals surface area contributed by atoms with Crippen molar-refractivity contribution >= 4 is 23.7 Å². The van der Waals surface area contributed by atoms with Gasteiger partial charge in [0.15, 0.2) is 0 Å². The predicted molar refractivity (Wildman–Crippen MR) is 45.9 cm³/mol. The van der Waals surface area contributed by atoms with Crippen molar-refractivity contribution in [3.8, 4) is 0 Å². The molecule has 0 bridgehead atoms. The Labute approximate surface area is 74.4 Å². The second kappa shape index (κ2) is 4.58. The first-order valence-electron chi connectivity index (χ1n) is 3.47. The zero-order chi connectivity index (χ0) is 8.16. The van der Waals surface area contributed by atoms with Crippen LogP contribution in [0.3, 0.4) is 0 Å². The van der Waals surface area contributed by atoms with Crippen molar-refractivity contribution in [3.63, 3.8) is 0 Å². The molecule has 0 amide bonds. The van der Waals surface area contributed by atoms with E-state index in [1.54, 1.807) is 0 Å². The average molecular weight is 244 g/mol. The molecule has 1 aliphatic heterocycles. The maximum absolute atomic E-state index is 11.4. The maximum atomic E-state index is 11.4. The summed E-state index contributed by atoms with van der Waals surface area (Å²) in [5.74, 6) is 0. The lowest BCUT2D eigenvalue weighted by Gasteiger charge is -2.22. The van der Waals surface area contributed by atoms with Gasteiger partial charge in [-0.2, -0.15) is 0 Å². The fourth-order valence-corrected chi connectivity index (χ4v) is 2.56. The standard InChI is InChI=1S/C5H11BrNO3P/c6-2-5-10-11(8)7-3-1-4-9-11/h1-5H2,(H,7,8). The Kier molecular flexibility index (Phi) is 4.02. The lowest BCUT2D eigenvalue weighted by molar-refractivity contribution is 0.186. The highest BCUT2D eigenvalue weighted by molar-refractivity contribution is 9.09. The van der Waals surface area contributed by atoms with Gasteiger partial charge < -0.3 is 0 Å². The van der Waals surface area contributed by atoms with Crippen LogP contribution in [0.1, 0.15) is 6.42 Å². The topological polar surface area (TPSA) is 47.6 Å². The summed E-state index contributed by atoms with van der Waals surface area (Å²) in [6.07, 6.45) is 0.891. The molecule has 1 atom stereocenters. The summed E-state index contributed by atoms with van der Waals surface area (Å²) in [6.45, 7) is 1.64. The molecular formula is C5H11BrNO3P. The lowest BCUT2D eigenvalue weighted by atomic mass is 10.5. The van der Waals surface area contributed by atoms with Crippen LogP contribution in [0.25, 0.3) is 0 Å². The average Bonchev–Trinajstić information content (AvgIpc) is 2.03. The van der Waals surface area contributed by atoms with Crippen LogP contribution in [-0.4, -0.2) is 25.1 Å². The van der Waals surface area contributed by atoms with E-state index in [1.807, 2.05) is 0 Å². The molecule has 0 aromatic rings. The third kappa shape index (κ3) is 3.22. The first-order valence-corrected chi connectivity index (χ1v) is 6.13. The molecule has 0 aliphatic carbocycles. The SMILES string of the molecule is O=P1(OCCBr)NCCCO1. The van der Waals surface area contributed by atoms with Crippen LogP contribution in [-0.2, 0) is 13.6 Å². The fourth-order valence-electron chi connectivity index (χ4n) is 0.756. The highest BCUT2D eigenvalue weighted by Gasteiger charge is 2.26. The molecule has 1 fully saturated rings. The molecule has 6 heteroatoms. The van der Waals surface area contributed by atoms with Crippen molar-refractivity contribution < 1.29 is 13.6 Å². The Morgan fingerprint density at radius 2 is 2.55 bits per heavy atom. The van der Waals surface area contributed by atoms with E-state index in [4.69, 9.17) is 9.05 Å². The molecule has 1 heterocycles. The number of nitrogens with one attached hydrogen (secondary N) is 1. The first-order chi connectivity index (χ1) is 5.27. The van der Waals surface area contributed by atoms with E-state index in [0.29, 0.717) is 25.1 Å². The van der Waals surface area contributed by atoms with E-state index in [1.165, 1.54) is 0 Å². The molecule has 0 radical (unpaired) electrons. The summed E-state index contributed by atoms with van der Waals surface area (Å²) in [7, 11) is -2.91. The Morgan fingerprint density at radius 3 is 3.09 bits per heavy atom. The molecule has 0 aromatic heterocycles. The fraction of sp³-hybridized carbons (Fsp3) is 1.00. The number of rotatable bonds is 3. The molecule has 0 saturated carbocycles. The second-order valence-corrected chi connectivity index (χ2v) is 4.74. The van der Waals surface area contributed by atoms with Gasteiger partial charge in [0.1, 0.15) is 0 Å². The van der Waals surface area contributed by atoms with Gasteiger partial charge in [-0.25, -0.2) is 9.65 Å². The molecule has 1 saturated heterocycles. The van der Waals surface area contributed by atoms with Crippen molar-refractivity contribution in [2.75, 3.05) is 25.1 Å². The van der Waals surface area contributed by atoms with Gasteiger partial charge in [0, 0.05) is 11.9 Å². The van der Waals surface area contributed by atoms with Crippen LogP contribution in [0.4, 0.5) is 0 Å². The predicted octanol–water partition coefficient (Wildman–Crippen LogP) is 1.52. The van der Waals surface area contributed by atoms with Gasteiger partial charge in [-0.1, -0.05) is 15.9 Å². The Bertz CT molecular complexity index is 156. The Morgan fingerprint density at radius 1 is 1.73 bits per heavy atom. The van der Waals surface area contributed by atoms with Crippen LogP contribution in [0.5, 0.6) is 0 Å². The van der Waals surface area contributed by atoms with E-state index < -0.39 is 7.75 Å². The van der Waals surface area contributed by atoms with Gasteiger partial charge in [-0.15, -0.1) is 0 Å². The first kappa shape index (κ1) is 9.68. The van der Waals surface area contributed by atoms with Crippen molar-refractivity contribution in [1.29, 1.82) is 0 Å². The van der Waals surface area contributed by atoms with Gasteiger partial charge in [0.05, 0.1) is 13.2 Å². The van der Waals surface area contributed by atoms with E-state index in [2.05, 4.69) is 21.0 Å². The van der Waals surface area contributed by atoms with Crippen LogP contribution in [0, 0.1) is 0 Å². The molecule has 1 unspecified atom stereocenters. The third-order valence-corrected chi connectivity index (χ3v) is 3.21. The summed E-state index contributed by atoms with van der Waals surface area (Å²) in [6, 6.07) is 0. The second-order valence-electron chi connectivity index (χ2n) is 2.11. The van der Waals surface area contributed by atoms with E-state index in [9.17, 15) is 4.57 Å². The highest BCUT2D eigenvalue weighted by atomic mass is 79.9. The van der Waals surface area contributed by atoms with E-state index in [-0.39, 0.29) is 0 Å². The van der Waals surface area contributed by atoms with Crippen molar-refractivity contribution in [3.05, 3.63) is 0 Å². The maximum Gasteiger partial charge on any atom is 0.405 e. The van der Waals surface area contributed by atoms with Crippen molar-refractivity contribution in [2.24, 2.45) is 0 Å². The monoisotopic (exact) mass is 243 g/mol. The van der Waals surface area contributed by atoms with E-state index in [0.717, 1.165) is 6.42 Å². The minimum Gasteiger partial charge on any atom is -0.297 e. The molecule has 1 aliphatic rings. The summed E-state index contributed by atoms with van der Waals surface area (Å²) in [5.41, 5.74) is 0. The van der Waals surface area contributed by atoms with Gasteiger partial charge in [-0.3, -0.25) is 9.05 Å². The lowest BCUT2D eigenvalue weighted by Crippen LogP contribution is -2.23.